The average molecular weight is 303 g/mol. The molecule has 6 heteroatoms. The largest absolute Gasteiger partial charge is 0.506 e. The van der Waals surface area contributed by atoms with E-state index in [1.165, 1.54) is 18.5 Å². The highest BCUT2D eigenvalue weighted by atomic mass is 16.3. The number of likely N-dealkylation sites (tertiary alicyclic amines) is 1. The number of aromatic nitrogens is 1. The van der Waals surface area contributed by atoms with E-state index in [1.807, 2.05) is 0 Å². The van der Waals surface area contributed by atoms with Crippen molar-refractivity contribution in [3.05, 3.63) is 24.0 Å². The van der Waals surface area contributed by atoms with Gasteiger partial charge in [0.15, 0.2) is 0 Å². The van der Waals surface area contributed by atoms with E-state index in [2.05, 4.69) is 10.3 Å². The summed E-state index contributed by atoms with van der Waals surface area (Å²) in [5.41, 5.74) is 0.417. The van der Waals surface area contributed by atoms with Crippen LogP contribution in [0.3, 0.4) is 0 Å². The first kappa shape index (κ1) is 14.8. The SMILES string of the molecule is O=C(NCC1CCN(C(=O)c2cncc(O)c2)CC1)C1CC1. The van der Waals surface area contributed by atoms with Gasteiger partial charge < -0.3 is 15.3 Å². The van der Waals surface area contributed by atoms with Crippen LogP contribution in [-0.4, -0.2) is 46.4 Å². The summed E-state index contributed by atoms with van der Waals surface area (Å²) >= 11 is 0. The molecule has 1 saturated carbocycles. The molecule has 1 saturated heterocycles. The molecule has 0 atom stereocenters. The van der Waals surface area contributed by atoms with Gasteiger partial charge in [-0.25, -0.2) is 0 Å². The van der Waals surface area contributed by atoms with Gasteiger partial charge in [-0.3, -0.25) is 14.6 Å². The van der Waals surface area contributed by atoms with E-state index in [9.17, 15) is 14.7 Å². The molecule has 22 heavy (non-hydrogen) atoms. The van der Waals surface area contributed by atoms with Crippen LogP contribution >= 0.6 is 0 Å². The van der Waals surface area contributed by atoms with Gasteiger partial charge in [-0.05, 0) is 37.7 Å². The molecular formula is C16H21N3O3. The zero-order valence-electron chi connectivity index (χ0n) is 12.5. The van der Waals surface area contributed by atoms with Gasteiger partial charge in [-0.15, -0.1) is 0 Å². The number of aromatic hydroxyl groups is 1. The Labute approximate surface area is 129 Å². The Morgan fingerprint density at radius 3 is 2.59 bits per heavy atom. The molecule has 3 rings (SSSR count). The van der Waals surface area contributed by atoms with Gasteiger partial charge >= 0.3 is 0 Å². The minimum Gasteiger partial charge on any atom is -0.506 e. The number of amides is 2. The van der Waals surface area contributed by atoms with Crippen LogP contribution in [0.5, 0.6) is 5.75 Å². The number of nitrogens with one attached hydrogen (secondary N) is 1. The quantitative estimate of drug-likeness (QED) is 0.874. The number of piperidine rings is 1. The van der Waals surface area contributed by atoms with Crippen molar-refractivity contribution < 1.29 is 14.7 Å². The number of hydrogen-bond acceptors (Lipinski definition) is 4. The zero-order chi connectivity index (χ0) is 15.5. The van der Waals surface area contributed by atoms with Gasteiger partial charge in [0.05, 0.1) is 11.8 Å². The predicted molar refractivity (Wildman–Crippen MR) is 80.3 cm³/mol. The van der Waals surface area contributed by atoms with E-state index in [4.69, 9.17) is 0 Å². The third-order valence-corrected chi connectivity index (χ3v) is 4.39. The second kappa shape index (κ2) is 6.34. The fourth-order valence-electron chi connectivity index (χ4n) is 2.80. The molecule has 0 unspecified atom stereocenters. The Bertz CT molecular complexity index is 564. The minimum atomic E-state index is -0.0936. The van der Waals surface area contributed by atoms with Gasteiger partial charge in [0.2, 0.25) is 5.91 Å². The lowest BCUT2D eigenvalue weighted by Gasteiger charge is -2.32. The van der Waals surface area contributed by atoms with Gasteiger partial charge in [0, 0.05) is 31.7 Å². The van der Waals surface area contributed by atoms with E-state index in [0.29, 0.717) is 31.1 Å². The topological polar surface area (TPSA) is 82.5 Å². The second-order valence-corrected chi connectivity index (χ2v) is 6.19. The maximum absolute atomic E-state index is 12.3. The number of rotatable bonds is 4. The first-order valence-corrected chi connectivity index (χ1v) is 7.84. The van der Waals surface area contributed by atoms with Crippen LogP contribution in [0.2, 0.25) is 0 Å². The van der Waals surface area contributed by atoms with Crippen LogP contribution < -0.4 is 5.32 Å². The zero-order valence-corrected chi connectivity index (χ0v) is 12.5. The van der Waals surface area contributed by atoms with Crippen LogP contribution in [-0.2, 0) is 4.79 Å². The Hall–Kier alpha value is -2.11. The molecule has 0 aromatic carbocycles. The smallest absolute Gasteiger partial charge is 0.255 e. The number of nitrogens with zero attached hydrogens (tertiary/aromatic N) is 2. The fourth-order valence-corrected chi connectivity index (χ4v) is 2.80. The molecule has 2 heterocycles. The third-order valence-electron chi connectivity index (χ3n) is 4.39. The number of carbonyl (C=O) groups is 2. The van der Waals surface area contributed by atoms with Crippen molar-refractivity contribution in [2.75, 3.05) is 19.6 Å². The van der Waals surface area contributed by atoms with Gasteiger partial charge in [0.1, 0.15) is 5.75 Å². The Morgan fingerprint density at radius 2 is 1.95 bits per heavy atom. The van der Waals surface area contributed by atoms with Crippen LogP contribution in [0.25, 0.3) is 0 Å². The Kier molecular flexibility index (Phi) is 4.27. The molecule has 1 aliphatic carbocycles. The summed E-state index contributed by atoms with van der Waals surface area (Å²) in [5.74, 6) is 0.783. The van der Waals surface area contributed by atoms with Crippen LogP contribution in [0, 0.1) is 11.8 Å². The second-order valence-electron chi connectivity index (χ2n) is 6.19. The van der Waals surface area contributed by atoms with Crippen molar-refractivity contribution in [3.63, 3.8) is 0 Å². The van der Waals surface area contributed by atoms with Crippen LogP contribution in [0.15, 0.2) is 18.5 Å². The molecule has 1 aromatic rings. The summed E-state index contributed by atoms with van der Waals surface area (Å²) in [6.45, 7) is 2.07. The average Bonchev–Trinajstić information content (AvgIpc) is 3.37. The number of hydrogen-bond donors (Lipinski definition) is 2. The van der Waals surface area contributed by atoms with Crippen molar-refractivity contribution >= 4 is 11.8 Å². The van der Waals surface area contributed by atoms with Gasteiger partial charge in [-0.1, -0.05) is 0 Å². The van der Waals surface area contributed by atoms with Crippen LogP contribution in [0.1, 0.15) is 36.0 Å². The monoisotopic (exact) mass is 303 g/mol. The lowest BCUT2D eigenvalue weighted by molar-refractivity contribution is -0.122. The van der Waals surface area contributed by atoms with E-state index in [0.717, 1.165) is 25.7 Å². The molecular weight excluding hydrogens is 282 g/mol. The van der Waals surface area contributed by atoms with E-state index in [1.54, 1.807) is 4.90 Å². The molecule has 6 nitrogen and oxygen atoms in total. The summed E-state index contributed by atoms with van der Waals surface area (Å²) in [6, 6.07) is 1.44. The molecule has 0 bridgehead atoms. The Balaban J connectivity index is 1.46. The van der Waals surface area contributed by atoms with Gasteiger partial charge in [-0.2, -0.15) is 0 Å². The first-order valence-electron chi connectivity index (χ1n) is 7.84. The fraction of sp³-hybridized carbons (Fsp3) is 0.562. The summed E-state index contributed by atoms with van der Waals surface area (Å²) < 4.78 is 0. The third kappa shape index (κ3) is 3.55. The number of carbonyl (C=O) groups excluding carboxylic acids is 2. The lowest BCUT2D eigenvalue weighted by Crippen LogP contribution is -2.41. The summed E-state index contributed by atoms with van der Waals surface area (Å²) in [4.78, 5) is 29.6. The molecule has 1 aromatic heterocycles. The molecule has 2 fully saturated rings. The highest BCUT2D eigenvalue weighted by molar-refractivity contribution is 5.94. The lowest BCUT2D eigenvalue weighted by atomic mass is 9.96. The molecule has 0 radical (unpaired) electrons. The highest BCUT2D eigenvalue weighted by Crippen LogP contribution is 2.29. The number of pyridine rings is 1. The maximum Gasteiger partial charge on any atom is 0.255 e. The summed E-state index contributed by atoms with van der Waals surface area (Å²) in [6.07, 6.45) is 6.62. The molecule has 118 valence electrons. The standard InChI is InChI=1S/C16H21N3O3/c20-14-7-13(9-17-10-14)16(22)19-5-3-11(4-6-19)8-18-15(21)12-1-2-12/h7,9-12,20H,1-6,8H2,(H,18,21). The van der Waals surface area contributed by atoms with Crippen LogP contribution in [0.4, 0.5) is 0 Å². The highest BCUT2D eigenvalue weighted by Gasteiger charge is 2.30. The van der Waals surface area contributed by atoms with Crippen molar-refractivity contribution in [2.45, 2.75) is 25.7 Å². The molecule has 2 amide bonds. The predicted octanol–water partition coefficient (Wildman–Crippen LogP) is 1.17. The molecule has 2 aliphatic rings. The van der Waals surface area contributed by atoms with E-state index in [-0.39, 0.29) is 23.5 Å². The molecule has 1 aliphatic heterocycles. The Morgan fingerprint density at radius 1 is 1.23 bits per heavy atom. The summed E-state index contributed by atoms with van der Waals surface area (Å²) in [5, 5.41) is 12.4. The molecule has 0 spiro atoms. The minimum absolute atomic E-state index is 0.00326. The maximum atomic E-state index is 12.3. The van der Waals surface area contributed by atoms with E-state index >= 15 is 0 Å². The summed E-state index contributed by atoms with van der Waals surface area (Å²) in [7, 11) is 0. The van der Waals surface area contributed by atoms with Crippen molar-refractivity contribution in [2.24, 2.45) is 11.8 Å². The van der Waals surface area contributed by atoms with Gasteiger partial charge in [0.25, 0.3) is 5.91 Å². The molecule has 2 N–H and O–H groups in total. The first-order chi connectivity index (χ1) is 10.6. The normalized spacial score (nSPS) is 19.0. The van der Waals surface area contributed by atoms with E-state index < -0.39 is 0 Å². The van der Waals surface area contributed by atoms with Crippen molar-refractivity contribution in [1.29, 1.82) is 0 Å². The van der Waals surface area contributed by atoms with Crippen molar-refractivity contribution in [1.82, 2.24) is 15.2 Å². The van der Waals surface area contributed by atoms with Crippen molar-refractivity contribution in [3.8, 4) is 5.75 Å².